The van der Waals surface area contributed by atoms with E-state index in [9.17, 15) is 10.1 Å². The van der Waals surface area contributed by atoms with Crippen molar-refractivity contribution in [2.75, 3.05) is 10.6 Å². The third-order valence-corrected chi connectivity index (χ3v) is 3.67. The average molecular weight is 391 g/mol. The number of hydrogen-bond acceptors (Lipinski definition) is 8. The van der Waals surface area contributed by atoms with Crippen LogP contribution in [0.25, 0.3) is 0 Å². The second-order valence-corrected chi connectivity index (χ2v) is 7.26. The molecule has 0 aliphatic carbocycles. The Morgan fingerprint density at radius 2 is 1.48 bits per heavy atom. The highest BCUT2D eigenvalue weighted by atomic mass is 16.6. The van der Waals surface area contributed by atoms with Gasteiger partial charge in [0.2, 0.25) is 11.6 Å². The zero-order valence-electron chi connectivity index (χ0n) is 16.3. The van der Waals surface area contributed by atoms with E-state index in [0.29, 0.717) is 11.4 Å². The smallest absolute Gasteiger partial charge is 0.353 e. The highest BCUT2D eigenvalue weighted by Gasteiger charge is 2.25. The Morgan fingerprint density at radius 3 is 2.07 bits per heavy atom. The summed E-state index contributed by atoms with van der Waals surface area (Å²) < 4.78 is 0. The van der Waals surface area contributed by atoms with Crippen LogP contribution in [0.2, 0.25) is 0 Å². The predicted molar refractivity (Wildman–Crippen MR) is 112 cm³/mol. The van der Waals surface area contributed by atoms with Crippen molar-refractivity contribution in [3.63, 3.8) is 0 Å². The standard InChI is InChI=1S/C20H21N7O2/c1-20(2,3)24-19-17(27(28)29)18(21-13-22-19)23-14-9-11-16(12-10-14)26-25-15-7-5-4-6-8-15/h4-13H,1-3H3,(H2,21,22,23,24). The second kappa shape index (κ2) is 8.42. The van der Waals surface area contributed by atoms with Crippen LogP contribution in [0.15, 0.2) is 71.2 Å². The summed E-state index contributed by atoms with van der Waals surface area (Å²) in [6, 6.07) is 16.4. The van der Waals surface area contributed by atoms with Crippen LogP contribution < -0.4 is 10.6 Å². The molecule has 0 unspecified atom stereocenters. The Balaban J connectivity index is 1.80. The zero-order valence-corrected chi connectivity index (χ0v) is 16.3. The number of nitrogens with one attached hydrogen (secondary N) is 2. The summed E-state index contributed by atoms with van der Waals surface area (Å²) >= 11 is 0. The quantitative estimate of drug-likeness (QED) is 0.313. The molecule has 3 rings (SSSR count). The maximum Gasteiger partial charge on any atom is 0.353 e. The summed E-state index contributed by atoms with van der Waals surface area (Å²) in [6.07, 6.45) is 1.28. The van der Waals surface area contributed by atoms with E-state index in [1.807, 2.05) is 51.1 Å². The molecular weight excluding hydrogens is 370 g/mol. The number of nitro groups is 1. The van der Waals surface area contributed by atoms with Crippen molar-refractivity contribution in [2.24, 2.45) is 10.2 Å². The third kappa shape index (κ3) is 5.55. The van der Waals surface area contributed by atoms with Crippen LogP contribution in [0.1, 0.15) is 20.8 Å². The maximum atomic E-state index is 11.6. The number of rotatable bonds is 6. The molecule has 1 aromatic heterocycles. The summed E-state index contributed by atoms with van der Waals surface area (Å²) in [6.45, 7) is 5.69. The molecule has 0 spiro atoms. The van der Waals surface area contributed by atoms with Crippen LogP contribution in [0.3, 0.4) is 0 Å². The van der Waals surface area contributed by atoms with E-state index < -0.39 is 4.92 Å². The first-order valence-corrected chi connectivity index (χ1v) is 8.93. The van der Waals surface area contributed by atoms with E-state index in [0.717, 1.165) is 5.69 Å². The van der Waals surface area contributed by atoms with Gasteiger partial charge in [0, 0.05) is 11.2 Å². The fraction of sp³-hybridized carbons (Fsp3) is 0.200. The van der Waals surface area contributed by atoms with Gasteiger partial charge in [-0.2, -0.15) is 10.2 Å². The molecule has 0 saturated carbocycles. The van der Waals surface area contributed by atoms with Crippen LogP contribution in [-0.2, 0) is 0 Å². The Morgan fingerprint density at radius 1 is 0.897 bits per heavy atom. The molecular formula is C20H21N7O2. The van der Waals surface area contributed by atoms with Gasteiger partial charge < -0.3 is 10.6 Å². The van der Waals surface area contributed by atoms with E-state index >= 15 is 0 Å². The van der Waals surface area contributed by atoms with Gasteiger partial charge in [0.15, 0.2) is 0 Å². The Bertz CT molecular complexity index is 1010. The normalized spacial score (nSPS) is 11.4. The molecule has 3 aromatic rings. The van der Waals surface area contributed by atoms with Gasteiger partial charge in [-0.05, 0) is 57.2 Å². The molecule has 0 atom stereocenters. The summed E-state index contributed by atoms with van der Waals surface area (Å²) in [7, 11) is 0. The predicted octanol–water partition coefficient (Wildman–Crippen LogP) is 5.75. The Labute approximate surface area is 168 Å². The van der Waals surface area contributed by atoms with Gasteiger partial charge in [-0.1, -0.05) is 18.2 Å². The minimum absolute atomic E-state index is 0.107. The van der Waals surface area contributed by atoms with Crippen molar-refractivity contribution in [1.82, 2.24) is 9.97 Å². The van der Waals surface area contributed by atoms with E-state index in [-0.39, 0.29) is 22.9 Å². The first-order valence-electron chi connectivity index (χ1n) is 8.93. The van der Waals surface area contributed by atoms with Crippen LogP contribution in [-0.4, -0.2) is 20.4 Å². The minimum atomic E-state index is -0.501. The molecule has 0 aliphatic heterocycles. The van der Waals surface area contributed by atoms with Gasteiger partial charge in [-0.15, -0.1) is 0 Å². The third-order valence-electron chi connectivity index (χ3n) is 3.67. The molecule has 2 N–H and O–H groups in total. The van der Waals surface area contributed by atoms with Crippen molar-refractivity contribution in [1.29, 1.82) is 0 Å². The Hall–Kier alpha value is -3.88. The van der Waals surface area contributed by atoms with Gasteiger partial charge in [-0.25, -0.2) is 9.97 Å². The lowest BCUT2D eigenvalue weighted by Gasteiger charge is -2.21. The van der Waals surface area contributed by atoms with E-state index in [4.69, 9.17) is 0 Å². The van der Waals surface area contributed by atoms with Gasteiger partial charge in [0.1, 0.15) is 6.33 Å². The van der Waals surface area contributed by atoms with Crippen LogP contribution in [0, 0.1) is 10.1 Å². The van der Waals surface area contributed by atoms with Crippen molar-refractivity contribution in [3.8, 4) is 0 Å². The van der Waals surface area contributed by atoms with Crippen molar-refractivity contribution in [3.05, 3.63) is 71.0 Å². The monoisotopic (exact) mass is 391 g/mol. The first-order chi connectivity index (χ1) is 13.8. The fourth-order valence-corrected chi connectivity index (χ4v) is 2.45. The molecule has 1 heterocycles. The summed E-state index contributed by atoms with van der Waals surface area (Å²) in [5.74, 6) is 0.267. The fourth-order valence-electron chi connectivity index (χ4n) is 2.45. The van der Waals surface area contributed by atoms with Crippen molar-refractivity contribution in [2.45, 2.75) is 26.3 Å². The largest absolute Gasteiger partial charge is 0.360 e. The number of nitrogens with zero attached hydrogens (tertiary/aromatic N) is 5. The van der Waals surface area contributed by atoms with Crippen LogP contribution in [0.5, 0.6) is 0 Å². The van der Waals surface area contributed by atoms with Crippen molar-refractivity contribution >= 4 is 34.4 Å². The highest BCUT2D eigenvalue weighted by molar-refractivity contribution is 5.74. The molecule has 0 fully saturated rings. The number of hydrogen-bond donors (Lipinski definition) is 2. The highest BCUT2D eigenvalue weighted by Crippen LogP contribution is 2.33. The lowest BCUT2D eigenvalue weighted by Crippen LogP contribution is -2.27. The Kier molecular flexibility index (Phi) is 5.77. The van der Waals surface area contributed by atoms with Gasteiger partial charge in [0.25, 0.3) is 0 Å². The summed E-state index contributed by atoms with van der Waals surface area (Å²) in [4.78, 5) is 19.2. The van der Waals surface area contributed by atoms with E-state index in [2.05, 4.69) is 30.8 Å². The molecule has 9 heteroatoms. The van der Waals surface area contributed by atoms with Gasteiger partial charge in [0.05, 0.1) is 16.3 Å². The van der Waals surface area contributed by atoms with E-state index in [1.54, 1.807) is 24.3 Å². The molecule has 0 aliphatic rings. The first kappa shape index (κ1) is 19.9. The van der Waals surface area contributed by atoms with Crippen LogP contribution >= 0.6 is 0 Å². The number of benzene rings is 2. The molecule has 0 bridgehead atoms. The molecule has 9 nitrogen and oxygen atoms in total. The maximum absolute atomic E-state index is 11.6. The zero-order chi connectivity index (χ0) is 20.9. The summed E-state index contributed by atoms with van der Waals surface area (Å²) in [5, 5.41) is 26.0. The molecule has 2 aromatic carbocycles. The second-order valence-electron chi connectivity index (χ2n) is 7.26. The lowest BCUT2D eigenvalue weighted by molar-refractivity contribution is -0.383. The lowest BCUT2D eigenvalue weighted by atomic mass is 10.1. The number of aromatic nitrogens is 2. The number of azo groups is 1. The van der Waals surface area contributed by atoms with Crippen LogP contribution in [0.4, 0.5) is 34.4 Å². The van der Waals surface area contributed by atoms with Gasteiger partial charge >= 0.3 is 5.69 Å². The molecule has 29 heavy (non-hydrogen) atoms. The minimum Gasteiger partial charge on any atom is -0.360 e. The SMILES string of the molecule is CC(C)(C)Nc1ncnc(Nc2ccc(N=Nc3ccccc3)cc2)c1[N+](=O)[O-]. The average Bonchev–Trinajstić information content (AvgIpc) is 2.67. The topological polar surface area (TPSA) is 118 Å². The number of anilines is 3. The van der Waals surface area contributed by atoms with E-state index in [1.165, 1.54) is 6.33 Å². The molecule has 0 radical (unpaired) electrons. The molecule has 0 saturated heterocycles. The van der Waals surface area contributed by atoms with Gasteiger partial charge in [-0.3, -0.25) is 10.1 Å². The molecule has 0 amide bonds. The van der Waals surface area contributed by atoms with Crippen molar-refractivity contribution < 1.29 is 4.92 Å². The summed E-state index contributed by atoms with van der Waals surface area (Å²) in [5.41, 5.74) is 1.45. The molecule has 148 valence electrons.